The number of nitriles is 1. The Hall–Kier alpha value is -2.19. The Morgan fingerprint density at radius 2 is 2.05 bits per heavy atom. The fraction of sp³-hybridized carbons (Fsp3) is 0.0714. The number of ether oxygens (including phenoxy) is 2. The number of fused-ring (bicyclic) bond motifs is 1. The van der Waals surface area contributed by atoms with Crippen LogP contribution in [0.1, 0.15) is 11.3 Å². The maximum Gasteiger partial charge on any atom is 0.231 e. The molecule has 1 aromatic carbocycles. The standard InChI is InChI=1S/C14H8BrNO3/c15-14-4-2-11(19-14)5-10(7-16)9-1-3-12-13(6-9)18-8-17-12/h1-6H,8H2/b10-5-. The lowest BCUT2D eigenvalue weighted by atomic mass is 10.1. The molecule has 1 aliphatic heterocycles. The van der Waals surface area contributed by atoms with Crippen LogP contribution in [-0.2, 0) is 0 Å². The Morgan fingerprint density at radius 3 is 2.79 bits per heavy atom. The van der Waals surface area contributed by atoms with Crippen molar-refractivity contribution in [2.75, 3.05) is 6.79 Å². The van der Waals surface area contributed by atoms with Crippen LogP contribution in [0.2, 0.25) is 0 Å². The van der Waals surface area contributed by atoms with E-state index in [1.165, 1.54) is 0 Å². The molecule has 2 aromatic rings. The molecule has 0 spiro atoms. The van der Waals surface area contributed by atoms with E-state index in [2.05, 4.69) is 22.0 Å². The first-order chi connectivity index (χ1) is 9.26. The summed E-state index contributed by atoms with van der Waals surface area (Å²) in [5.74, 6) is 1.96. The van der Waals surface area contributed by atoms with Crippen LogP contribution in [0.5, 0.6) is 11.5 Å². The number of furan rings is 1. The highest BCUT2D eigenvalue weighted by Gasteiger charge is 2.14. The lowest BCUT2D eigenvalue weighted by Crippen LogP contribution is -1.92. The van der Waals surface area contributed by atoms with Gasteiger partial charge >= 0.3 is 0 Å². The van der Waals surface area contributed by atoms with Gasteiger partial charge < -0.3 is 13.9 Å². The molecular weight excluding hydrogens is 310 g/mol. The van der Waals surface area contributed by atoms with E-state index < -0.39 is 0 Å². The summed E-state index contributed by atoms with van der Waals surface area (Å²) in [6.07, 6.45) is 1.68. The molecule has 4 nitrogen and oxygen atoms in total. The molecule has 0 saturated carbocycles. The largest absolute Gasteiger partial charge is 0.454 e. The Bertz CT molecular complexity index is 697. The number of hydrogen-bond donors (Lipinski definition) is 0. The van der Waals surface area contributed by atoms with E-state index in [1.807, 2.05) is 6.07 Å². The zero-order valence-corrected chi connectivity index (χ0v) is 11.3. The second-order valence-corrected chi connectivity index (χ2v) is 4.66. The highest BCUT2D eigenvalue weighted by molar-refractivity contribution is 9.10. The van der Waals surface area contributed by atoms with Crippen LogP contribution < -0.4 is 9.47 Å². The van der Waals surface area contributed by atoms with Gasteiger partial charge in [0.05, 0.1) is 11.6 Å². The summed E-state index contributed by atoms with van der Waals surface area (Å²) in [7, 11) is 0. The summed E-state index contributed by atoms with van der Waals surface area (Å²) in [5.41, 5.74) is 1.26. The van der Waals surface area contributed by atoms with Crippen LogP contribution in [-0.4, -0.2) is 6.79 Å². The van der Waals surface area contributed by atoms with E-state index in [0.717, 1.165) is 5.56 Å². The lowest BCUT2D eigenvalue weighted by Gasteiger charge is -2.01. The predicted molar refractivity (Wildman–Crippen MR) is 72.5 cm³/mol. The van der Waals surface area contributed by atoms with Gasteiger partial charge in [-0.3, -0.25) is 0 Å². The first kappa shape index (κ1) is 11.9. The second-order valence-electron chi connectivity index (χ2n) is 3.88. The fourth-order valence-electron chi connectivity index (χ4n) is 1.79. The molecular formula is C14H8BrNO3. The first-order valence-electron chi connectivity index (χ1n) is 5.53. The third kappa shape index (κ3) is 2.35. The van der Waals surface area contributed by atoms with Gasteiger partial charge in [-0.05, 0) is 57.9 Å². The van der Waals surface area contributed by atoms with Crippen molar-refractivity contribution >= 4 is 27.6 Å². The van der Waals surface area contributed by atoms with Crippen molar-refractivity contribution < 1.29 is 13.9 Å². The molecule has 0 amide bonds. The number of nitrogens with zero attached hydrogens (tertiary/aromatic N) is 1. The number of benzene rings is 1. The second kappa shape index (κ2) is 4.82. The van der Waals surface area contributed by atoms with Gasteiger partial charge in [0.15, 0.2) is 16.2 Å². The van der Waals surface area contributed by atoms with Crippen molar-refractivity contribution in [2.24, 2.45) is 0 Å². The van der Waals surface area contributed by atoms with E-state index in [9.17, 15) is 5.26 Å². The maximum atomic E-state index is 9.25. The zero-order valence-electron chi connectivity index (χ0n) is 9.72. The van der Waals surface area contributed by atoms with Crippen LogP contribution in [0.25, 0.3) is 11.6 Å². The summed E-state index contributed by atoms with van der Waals surface area (Å²) in [5, 5.41) is 9.25. The number of hydrogen-bond acceptors (Lipinski definition) is 4. The van der Waals surface area contributed by atoms with Gasteiger partial charge in [-0.2, -0.15) is 5.26 Å². The average Bonchev–Trinajstić information content (AvgIpc) is 3.03. The Balaban J connectivity index is 1.99. The van der Waals surface area contributed by atoms with Crippen molar-refractivity contribution in [3.8, 4) is 17.6 Å². The molecule has 94 valence electrons. The van der Waals surface area contributed by atoms with Crippen LogP contribution >= 0.6 is 15.9 Å². The average molecular weight is 318 g/mol. The van der Waals surface area contributed by atoms with Crippen LogP contribution in [0, 0.1) is 11.3 Å². The van der Waals surface area contributed by atoms with E-state index >= 15 is 0 Å². The molecule has 1 aromatic heterocycles. The molecule has 0 radical (unpaired) electrons. The number of rotatable bonds is 2. The third-order valence-electron chi connectivity index (χ3n) is 2.68. The Labute approximate surface area is 118 Å². The maximum absolute atomic E-state index is 9.25. The number of halogens is 1. The SMILES string of the molecule is N#C/C(=C/c1ccc(Br)o1)c1ccc2c(c1)OCO2. The van der Waals surface area contributed by atoms with E-state index in [4.69, 9.17) is 13.9 Å². The molecule has 2 heterocycles. The molecule has 0 atom stereocenters. The summed E-state index contributed by atoms with van der Waals surface area (Å²) in [4.78, 5) is 0. The summed E-state index contributed by atoms with van der Waals surface area (Å²) >= 11 is 3.23. The minimum atomic E-state index is 0.218. The molecule has 0 saturated heterocycles. The highest BCUT2D eigenvalue weighted by Crippen LogP contribution is 2.34. The Kier molecular flexibility index (Phi) is 3.02. The van der Waals surface area contributed by atoms with E-state index in [1.54, 1.807) is 30.3 Å². The van der Waals surface area contributed by atoms with Crippen molar-refractivity contribution in [2.45, 2.75) is 0 Å². The smallest absolute Gasteiger partial charge is 0.231 e. The van der Waals surface area contributed by atoms with Crippen molar-refractivity contribution in [3.63, 3.8) is 0 Å². The molecule has 5 heteroatoms. The molecule has 0 unspecified atom stereocenters. The molecule has 0 aliphatic carbocycles. The van der Waals surface area contributed by atoms with E-state index in [-0.39, 0.29) is 6.79 Å². The minimum Gasteiger partial charge on any atom is -0.454 e. The Morgan fingerprint density at radius 1 is 1.21 bits per heavy atom. The van der Waals surface area contributed by atoms with Gasteiger partial charge in [0.1, 0.15) is 5.76 Å². The monoisotopic (exact) mass is 317 g/mol. The first-order valence-corrected chi connectivity index (χ1v) is 6.33. The lowest BCUT2D eigenvalue weighted by molar-refractivity contribution is 0.174. The quantitative estimate of drug-likeness (QED) is 0.790. The predicted octanol–water partition coefficient (Wildman–Crippen LogP) is 3.83. The molecule has 0 bridgehead atoms. The van der Waals surface area contributed by atoms with Gasteiger partial charge in [-0.15, -0.1) is 0 Å². The summed E-state index contributed by atoms with van der Waals surface area (Å²) in [6.45, 7) is 0.218. The molecule has 19 heavy (non-hydrogen) atoms. The van der Waals surface area contributed by atoms with Crippen molar-refractivity contribution in [1.82, 2.24) is 0 Å². The normalized spacial score (nSPS) is 13.4. The van der Waals surface area contributed by atoms with Gasteiger partial charge in [0, 0.05) is 0 Å². The highest BCUT2D eigenvalue weighted by atomic mass is 79.9. The van der Waals surface area contributed by atoms with Crippen LogP contribution in [0.15, 0.2) is 39.4 Å². The molecule has 3 rings (SSSR count). The topological polar surface area (TPSA) is 55.4 Å². The molecule has 1 aliphatic rings. The van der Waals surface area contributed by atoms with E-state index in [0.29, 0.717) is 27.5 Å². The van der Waals surface area contributed by atoms with Gasteiger partial charge in [-0.25, -0.2) is 0 Å². The van der Waals surface area contributed by atoms with Crippen molar-refractivity contribution in [1.29, 1.82) is 5.26 Å². The van der Waals surface area contributed by atoms with Crippen LogP contribution in [0.3, 0.4) is 0 Å². The number of allylic oxidation sites excluding steroid dienone is 1. The summed E-state index contributed by atoms with van der Waals surface area (Å²) < 4.78 is 16.5. The van der Waals surface area contributed by atoms with Gasteiger partial charge in [0.2, 0.25) is 6.79 Å². The molecule has 0 fully saturated rings. The minimum absolute atomic E-state index is 0.218. The third-order valence-corrected chi connectivity index (χ3v) is 3.11. The zero-order chi connectivity index (χ0) is 13.2. The van der Waals surface area contributed by atoms with Gasteiger partial charge in [0.25, 0.3) is 0 Å². The fourth-order valence-corrected chi connectivity index (χ4v) is 2.11. The summed E-state index contributed by atoms with van der Waals surface area (Å²) in [6, 6.07) is 11.1. The van der Waals surface area contributed by atoms with Gasteiger partial charge in [-0.1, -0.05) is 0 Å². The van der Waals surface area contributed by atoms with Crippen molar-refractivity contribution in [3.05, 3.63) is 46.3 Å². The van der Waals surface area contributed by atoms with Crippen LogP contribution in [0.4, 0.5) is 0 Å². The molecule has 0 N–H and O–H groups in total.